The van der Waals surface area contributed by atoms with Crippen LogP contribution in [0.15, 0.2) is 5.51 Å². The average molecular weight is 157 g/mol. The van der Waals surface area contributed by atoms with Gasteiger partial charge < -0.3 is 4.74 Å². The first-order chi connectivity index (χ1) is 4.84. The largest absolute Gasteiger partial charge is 0.376 e. The van der Waals surface area contributed by atoms with E-state index >= 15 is 0 Å². The molecule has 0 atom stereocenters. The molecule has 0 fully saturated rings. The standard InChI is InChI=1S/C7H11NOS/c1-3-9-4-7-6(2)8-5-10-7/h5H,3-4H2,1-2H3. The molecule has 0 aromatic carbocycles. The zero-order chi connectivity index (χ0) is 7.40. The molecule has 1 rings (SSSR count). The van der Waals surface area contributed by atoms with Crippen molar-refractivity contribution in [2.24, 2.45) is 0 Å². The fourth-order valence-corrected chi connectivity index (χ4v) is 1.37. The molecule has 2 nitrogen and oxygen atoms in total. The van der Waals surface area contributed by atoms with E-state index in [4.69, 9.17) is 4.74 Å². The van der Waals surface area contributed by atoms with E-state index in [0.29, 0.717) is 6.61 Å². The van der Waals surface area contributed by atoms with Crippen LogP contribution in [0.2, 0.25) is 0 Å². The first kappa shape index (κ1) is 7.69. The molecule has 0 spiro atoms. The molecule has 0 radical (unpaired) electrons. The number of aromatic nitrogens is 1. The summed E-state index contributed by atoms with van der Waals surface area (Å²) in [4.78, 5) is 5.35. The minimum absolute atomic E-state index is 0.715. The van der Waals surface area contributed by atoms with E-state index in [2.05, 4.69) is 4.98 Å². The van der Waals surface area contributed by atoms with Crippen LogP contribution in [0.5, 0.6) is 0 Å². The van der Waals surface area contributed by atoms with Gasteiger partial charge in [-0.25, -0.2) is 4.98 Å². The highest BCUT2D eigenvalue weighted by Gasteiger charge is 1.98. The number of aryl methyl sites for hydroxylation is 1. The first-order valence-electron chi connectivity index (χ1n) is 3.31. The Bertz CT molecular complexity index is 197. The van der Waals surface area contributed by atoms with Gasteiger partial charge in [-0.3, -0.25) is 0 Å². The van der Waals surface area contributed by atoms with Crippen molar-refractivity contribution in [3.05, 3.63) is 16.1 Å². The van der Waals surface area contributed by atoms with E-state index in [0.717, 1.165) is 12.3 Å². The Kier molecular flexibility index (Phi) is 2.83. The zero-order valence-electron chi connectivity index (χ0n) is 6.26. The first-order valence-corrected chi connectivity index (χ1v) is 4.19. The molecule has 3 heteroatoms. The van der Waals surface area contributed by atoms with Gasteiger partial charge in [0.25, 0.3) is 0 Å². The summed E-state index contributed by atoms with van der Waals surface area (Å²) in [6.07, 6.45) is 0. The van der Waals surface area contributed by atoms with Crippen molar-refractivity contribution < 1.29 is 4.74 Å². The number of ether oxygens (including phenoxy) is 1. The number of thiazole rings is 1. The second kappa shape index (κ2) is 3.68. The Hall–Kier alpha value is -0.410. The monoisotopic (exact) mass is 157 g/mol. The molecule has 0 unspecified atom stereocenters. The Labute approximate surface area is 64.9 Å². The van der Waals surface area contributed by atoms with Gasteiger partial charge in [-0.15, -0.1) is 11.3 Å². The Balaban J connectivity index is 2.49. The van der Waals surface area contributed by atoms with Gasteiger partial charge >= 0.3 is 0 Å². The highest BCUT2D eigenvalue weighted by Crippen LogP contribution is 2.12. The third-order valence-corrected chi connectivity index (χ3v) is 2.19. The highest BCUT2D eigenvalue weighted by atomic mass is 32.1. The van der Waals surface area contributed by atoms with E-state index in [9.17, 15) is 0 Å². The van der Waals surface area contributed by atoms with Gasteiger partial charge in [-0.2, -0.15) is 0 Å². The quantitative estimate of drug-likeness (QED) is 0.669. The van der Waals surface area contributed by atoms with Gasteiger partial charge in [-0.05, 0) is 13.8 Å². The lowest BCUT2D eigenvalue weighted by molar-refractivity contribution is 0.136. The van der Waals surface area contributed by atoms with Crippen molar-refractivity contribution in [2.75, 3.05) is 6.61 Å². The van der Waals surface area contributed by atoms with Gasteiger partial charge in [0.2, 0.25) is 0 Å². The smallest absolute Gasteiger partial charge is 0.0828 e. The molecule has 56 valence electrons. The van der Waals surface area contributed by atoms with Crippen molar-refractivity contribution in [1.29, 1.82) is 0 Å². The minimum Gasteiger partial charge on any atom is -0.376 e. The van der Waals surface area contributed by atoms with E-state index in [1.165, 1.54) is 4.88 Å². The van der Waals surface area contributed by atoms with Crippen molar-refractivity contribution in [3.8, 4) is 0 Å². The fraction of sp³-hybridized carbons (Fsp3) is 0.571. The number of hydrogen-bond donors (Lipinski definition) is 0. The van der Waals surface area contributed by atoms with Crippen LogP contribution >= 0.6 is 11.3 Å². The van der Waals surface area contributed by atoms with Gasteiger partial charge in [0.1, 0.15) is 0 Å². The van der Waals surface area contributed by atoms with Crippen molar-refractivity contribution in [1.82, 2.24) is 4.98 Å². The fourth-order valence-electron chi connectivity index (χ4n) is 0.660. The zero-order valence-corrected chi connectivity index (χ0v) is 7.07. The number of nitrogens with zero attached hydrogens (tertiary/aromatic N) is 1. The lowest BCUT2D eigenvalue weighted by atomic mass is 10.4. The minimum atomic E-state index is 0.715. The predicted octanol–water partition coefficient (Wildman–Crippen LogP) is 1.99. The third-order valence-electron chi connectivity index (χ3n) is 1.28. The lowest BCUT2D eigenvalue weighted by Gasteiger charge is -1.96. The van der Waals surface area contributed by atoms with Gasteiger partial charge in [0.05, 0.1) is 22.7 Å². The van der Waals surface area contributed by atoms with E-state index < -0.39 is 0 Å². The molecule has 1 aromatic rings. The van der Waals surface area contributed by atoms with Crippen LogP contribution in [-0.2, 0) is 11.3 Å². The van der Waals surface area contributed by atoms with E-state index in [1.54, 1.807) is 11.3 Å². The molecule has 0 N–H and O–H groups in total. The van der Waals surface area contributed by atoms with Crippen LogP contribution in [0, 0.1) is 6.92 Å². The van der Waals surface area contributed by atoms with Gasteiger partial charge in [0, 0.05) is 6.61 Å². The lowest BCUT2D eigenvalue weighted by Crippen LogP contribution is -1.90. The van der Waals surface area contributed by atoms with E-state index in [1.807, 2.05) is 19.4 Å². The maximum atomic E-state index is 5.23. The molecule has 1 aromatic heterocycles. The topological polar surface area (TPSA) is 22.1 Å². The highest BCUT2D eigenvalue weighted by molar-refractivity contribution is 7.09. The maximum Gasteiger partial charge on any atom is 0.0828 e. The molecule has 0 aliphatic carbocycles. The summed E-state index contributed by atoms with van der Waals surface area (Å²) in [6, 6.07) is 0. The third kappa shape index (κ3) is 1.78. The molecule has 0 saturated carbocycles. The van der Waals surface area contributed by atoms with Crippen molar-refractivity contribution >= 4 is 11.3 Å². The SMILES string of the molecule is CCOCc1scnc1C. The molecule has 0 aliphatic heterocycles. The van der Waals surface area contributed by atoms with Crippen LogP contribution in [-0.4, -0.2) is 11.6 Å². The molecule has 0 amide bonds. The molecule has 0 saturated heterocycles. The summed E-state index contributed by atoms with van der Waals surface area (Å²) in [7, 11) is 0. The summed E-state index contributed by atoms with van der Waals surface area (Å²) in [5.41, 5.74) is 2.95. The van der Waals surface area contributed by atoms with Crippen molar-refractivity contribution in [3.63, 3.8) is 0 Å². The summed E-state index contributed by atoms with van der Waals surface area (Å²) >= 11 is 1.65. The summed E-state index contributed by atoms with van der Waals surface area (Å²) < 4.78 is 5.23. The average Bonchev–Trinajstić information content (AvgIpc) is 2.31. The number of rotatable bonds is 3. The Morgan fingerprint density at radius 1 is 1.70 bits per heavy atom. The van der Waals surface area contributed by atoms with Crippen LogP contribution in [0.4, 0.5) is 0 Å². The predicted molar refractivity (Wildman–Crippen MR) is 42.2 cm³/mol. The van der Waals surface area contributed by atoms with Crippen LogP contribution in [0.3, 0.4) is 0 Å². The molecule has 10 heavy (non-hydrogen) atoms. The summed E-state index contributed by atoms with van der Waals surface area (Å²) in [6.45, 7) is 5.49. The number of hydrogen-bond acceptors (Lipinski definition) is 3. The van der Waals surface area contributed by atoms with Crippen LogP contribution in [0.25, 0.3) is 0 Å². The summed E-state index contributed by atoms with van der Waals surface area (Å²) in [5.74, 6) is 0. The normalized spacial score (nSPS) is 10.2. The Morgan fingerprint density at radius 3 is 3.00 bits per heavy atom. The molecular formula is C7H11NOS. The van der Waals surface area contributed by atoms with Crippen LogP contribution < -0.4 is 0 Å². The molecular weight excluding hydrogens is 146 g/mol. The Morgan fingerprint density at radius 2 is 2.50 bits per heavy atom. The molecule has 0 aliphatic rings. The second-order valence-electron chi connectivity index (χ2n) is 2.00. The van der Waals surface area contributed by atoms with E-state index in [-0.39, 0.29) is 0 Å². The molecule has 0 bridgehead atoms. The summed E-state index contributed by atoms with van der Waals surface area (Å²) in [5, 5.41) is 0. The van der Waals surface area contributed by atoms with Gasteiger partial charge in [-0.1, -0.05) is 0 Å². The maximum absolute atomic E-state index is 5.23. The van der Waals surface area contributed by atoms with Crippen LogP contribution in [0.1, 0.15) is 17.5 Å². The molecule has 1 heterocycles. The second-order valence-corrected chi connectivity index (χ2v) is 2.94. The van der Waals surface area contributed by atoms with Gasteiger partial charge in [0.15, 0.2) is 0 Å². The van der Waals surface area contributed by atoms with Crippen molar-refractivity contribution in [2.45, 2.75) is 20.5 Å².